The van der Waals surface area contributed by atoms with E-state index >= 15 is 0 Å². The Bertz CT molecular complexity index is 407. The molecular weight excluding hydrogens is 208 g/mol. The van der Waals surface area contributed by atoms with Crippen molar-refractivity contribution >= 4 is 16.5 Å². The Kier molecular flexibility index (Phi) is 2.25. The number of benzene rings is 1. The number of rotatable bonds is 0. The molecule has 0 bridgehead atoms. The van der Waals surface area contributed by atoms with Crippen LogP contribution in [0.15, 0.2) is 29.2 Å². The van der Waals surface area contributed by atoms with Crippen LogP contribution in [0, 0.1) is 0 Å². The zero-order chi connectivity index (χ0) is 10.3. The van der Waals surface area contributed by atoms with Crippen LogP contribution in [-0.2, 0) is 10.8 Å². The van der Waals surface area contributed by atoms with Gasteiger partial charge < -0.3 is 10.2 Å². The number of fused-ring (bicyclic) bond motifs is 3. The number of nitrogens with zero attached hydrogens (tertiary/aromatic N) is 1. The summed E-state index contributed by atoms with van der Waals surface area (Å²) in [6.07, 6.45) is 0. The lowest BCUT2D eigenvalue weighted by Crippen LogP contribution is -2.55. The van der Waals surface area contributed by atoms with Gasteiger partial charge in [-0.25, -0.2) is 0 Å². The Morgan fingerprint density at radius 2 is 2.27 bits per heavy atom. The lowest BCUT2D eigenvalue weighted by molar-refractivity contribution is 0.494. The van der Waals surface area contributed by atoms with Gasteiger partial charge in [-0.15, -0.1) is 0 Å². The average molecular weight is 222 g/mol. The fourth-order valence-electron chi connectivity index (χ4n) is 2.38. The van der Waals surface area contributed by atoms with Crippen LogP contribution in [0.3, 0.4) is 0 Å². The van der Waals surface area contributed by atoms with Crippen LogP contribution in [0.5, 0.6) is 0 Å². The van der Waals surface area contributed by atoms with Gasteiger partial charge in [0.1, 0.15) is 0 Å². The molecule has 1 N–H and O–H groups in total. The molecule has 0 spiro atoms. The van der Waals surface area contributed by atoms with Gasteiger partial charge in [-0.3, -0.25) is 4.21 Å². The third kappa shape index (κ3) is 1.48. The molecule has 15 heavy (non-hydrogen) atoms. The predicted octanol–water partition coefficient (Wildman–Crippen LogP) is 0.586. The van der Waals surface area contributed by atoms with Gasteiger partial charge in [0.15, 0.2) is 0 Å². The summed E-state index contributed by atoms with van der Waals surface area (Å²) in [7, 11) is -0.815. The molecule has 1 aromatic rings. The topological polar surface area (TPSA) is 32.3 Å². The van der Waals surface area contributed by atoms with Crippen molar-refractivity contribution in [3.05, 3.63) is 24.3 Å². The Morgan fingerprint density at radius 3 is 3.20 bits per heavy atom. The molecule has 3 nitrogen and oxygen atoms in total. The van der Waals surface area contributed by atoms with Gasteiger partial charge in [-0.2, -0.15) is 0 Å². The Hall–Kier alpha value is -0.870. The zero-order valence-corrected chi connectivity index (χ0v) is 9.30. The maximum Gasteiger partial charge on any atom is 0.0622 e. The first-order valence-electron chi connectivity index (χ1n) is 5.31. The first kappa shape index (κ1) is 9.36. The van der Waals surface area contributed by atoms with Gasteiger partial charge in [0.25, 0.3) is 0 Å². The standard InChI is InChI=1S/C11H14N2OS/c14-15-8-9-7-12-5-6-13(9)10-3-1-2-4-11(10)15/h1-4,9,12H,5-8H2. The van der Waals surface area contributed by atoms with Crippen molar-refractivity contribution in [2.45, 2.75) is 10.9 Å². The average Bonchev–Trinajstić information content (AvgIpc) is 2.30. The molecule has 1 saturated heterocycles. The van der Waals surface area contributed by atoms with Crippen molar-refractivity contribution in [1.29, 1.82) is 0 Å². The normalized spacial score (nSPS) is 29.5. The maximum absolute atomic E-state index is 12.0. The zero-order valence-electron chi connectivity index (χ0n) is 8.48. The Balaban J connectivity index is 2.07. The van der Waals surface area contributed by atoms with Crippen LogP contribution in [-0.4, -0.2) is 35.6 Å². The molecule has 2 aliphatic heterocycles. The van der Waals surface area contributed by atoms with E-state index in [4.69, 9.17) is 0 Å². The molecule has 2 atom stereocenters. The van der Waals surface area contributed by atoms with Gasteiger partial charge in [0.2, 0.25) is 0 Å². The number of hydrogen-bond acceptors (Lipinski definition) is 3. The molecule has 2 unspecified atom stereocenters. The van der Waals surface area contributed by atoms with E-state index in [0.29, 0.717) is 6.04 Å². The predicted molar refractivity (Wildman–Crippen MR) is 61.7 cm³/mol. The highest BCUT2D eigenvalue weighted by atomic mass is 32.2. The summed E-state index contributed by atoms with van der Waals surface area (Å²) >= 11 is 0. The van der Waals surface area contributed by atoms with E-state index in [1.165, 1.54) is 5.69 Å². The highest BCUT2D eigenvalue weighted by Gasteiger charge is 2.31. The second kappa shape index (κ2) is 3.61. The molecule has 4 heteroatoms. The third-order valence-corrected chi connectivity index (χ3v) is 4.64. The molecule has 0 amide bonds. The fourth-order valence-corrected chi connectivity index (χ4v) is 3.85. The summed E-state index contributed by atoms with van der Waals surface area (Å²) in [6, 6.07) is 8.49. The third-order valence-electron chi connectivity index (χ3n) is 3.11. The first-order chi connectivity index (χ1) is 7.36. The molecule has 80 valence electrons. The van der Waals surface area contributed by atoms with Gasteiger partial charge in [0.05, 0.1) is 27.4 Å². The van der Waals surface area contributed by atoms with Crippen molar-refractivity contribution in [3.8, 4) is 0 Å². The molecule has 1 aromatic carbocycles. The Labute approximate surface area is 91.9 Å². The summed E-state index contributed by atoms with van der Waals surface area (Å²) in [5, 5.41) is 3.36. The van der Waals surface area contributed by atoms with Crippen molar-refractivity contribution in [3.63, 3.8) is 0 Å². The van der Waals surface area contributed by atoms with Gasteiger partial charge in [0, 0.05) is 25.4 Å². The summed E-state index contributed by atoms with van der Waals surface area (Å²) in [5.41, 5.74) is 1.17. The fraction of sp³-hybridized carbons (Fsp3) is 0.455. The van der Waals surface area contributed by atoms with Crippen LogP contribution in [0.25, 0.3) is 0 Å². The molecular formula is C11H14N2OS. The smallest absolute Gasteiger partial charge is 0.0622 e. The first-order valence-corrected chi connectivity index (χ1v) is 6.63. The number of anilines is 1. The van der Waals surface area contributed by atoms with Crippen LogP contribution in [0.4, 0.5) is 5.69 Å². The SMILES string of the molecule is O=S1CC2CNCCN2c2ccccc21. The van der Waals surface area contributed by atoms with Crippen LogP contribution in [0.1, 0.15) is 0 Å². The van der Waals surface area contributed by atoms with E-state index < -0.39 is 10.8 Å². The van der Waals surface area contributed by atoms with Crippen LogP contribution in [0.2, 0.25) is 0 Å². The quantitative estimate of drug-likeness (QED) is 0.697. The van der Waals surface area contributed by atoms with Gasteiger partial charge in [-0.05, 0) is 12.1 Å². The van der Waals surface area contributed by atoms with Gasteiger partial charge >= 0.3 is 0 Å². The minimum atomic E-state index is -0.815. The van der Waals surface area contributed by atoms with E-state index in [0.717, 1.165) is 30.3 Å². The van der Waals surface area contributed by atoms with E-state index in [-0.39, 0.29) is 0 Å². The molecule has 2 heterocycles. The summed E-state index contributed by atoms with van der Waals surface area (Å²) < 4.78 is 12.0. The molecule has 2 aliphatic rings. The van der Waals surface area contributed by atoms with E-state index in [9.17, 15) is 4.21 Å². The van der Waals surface area contributed by atoms with E-state index in [1.807, 2.05) is 18.2 Å². The molecule has 0 aliphatic carbocycles. The monoisotopic (exact) mass is 222 g/mol. The van der Waals surface area contributed by atoms with E-state index in [1.54, 1.807) is 0 Å². The molecule has 0 saturated carbocycles. The van der Waals surface area contributed by atoms with E-state index in [2.05, 4.69) is 16.3 Å². The summed E-state index contributed by atoms with van der Waals surface area (Å²) in [4.78, 5) is 3.41. The lowest BCUT2D eigenvalue weighted by atomic mass is 10.1. The van der Waals surface area contributed by atoms with Crippen LogP contribution < -0.4 is 10.2 Å². The van der Waals surface area contributed by atoms with Crippen molar-refractivity contribution in [2.75, 3.05) is 30.3 Å². The number of hydrogen-bond donors (Lipinski definition) is 1. The Morgan fingerprint density at radius 1 is 1.40 bits per heavy atom. The molecule has 0 radical (unpaired) electrons. The molecule has 3 rings (SSSR count). The molecule has 0 aromatic heterocycles. The van der Waals surface area contributed by atoms with Crippen molar-refractivity contribution < 1.29 is 4.21 Å². The highest BCUT2D eigenvalue weighted by molar-refractivity contribution is 7.85. The minimum absolute atomic E-state index is 0.412. The van der Waals surface area contributed by atoms with Gasteiger partial charge in [-0.1, -0.05) is 12.1 Å². The van der Waals surface area contributed by atoms with Crippen LogP contribution >= 0.6 is 0 Å². The minimum Gasteiger partial charge on any atom is -0.364 e. The largest absolute Gasteiger partial charge is 0.364 e. The second-order valence-corrected chi connectivity index (χ2v) is 5.50. The number of nitrogens with one attached hydrogen (secondary N) is 1. The number of piperazine rings is 1. The summed E-state index contributed by atoms with van der Waals surface area (Å²) in [5.74, 6) is 0.768. The van der Waals surface area contributed by atoms with Crippen molar-refractivity contribution in [1.82, 2.24) is 5.32 Å². The van der Waals surface area contributed by atoms with Crippen molar-refractivity contribution in [2.24, 2.45) is 0 Å². The molecule has 1 fully saturated rings. The maximum atomic E-state index is 12.0. The second-order valence-electron chi connectivity index (χ2n) is 4.03. The summed E-state index contributed by atoms with van der Waals surface area (Å²) in [6.45, 7) is 3.01. The number of para-hydroxylation sites is 1. The lowest BCUT2D eigenvalue weighted by Gasteiger charge is -2.41. The highest BCUT2D eigenvalue weighted by Crippen LogP contribution is 2.31.